The second-order valence-corrected chi connectivity index (χ2v) is 22.8. The van der Waals surface area contributed by atoms with Crippen LogP contribution in [0.25, 0.3) is 0 Å². The molecule has 0 aliphatic heterocycles. The number of hydrogen-bond acceptors (Lipinski definition) is 5. The Balaban J connectivity index is 0.000000143. The predicted molar refractivity (Wildman–Crippen MR) is 296 cm³/mol. The fourth-order valence-electron chi connectivity index (χ4n) is 12.7. The summed E-state index contributed by atoms with van der Waals surface area (Å²) in [6.45, 7) is 23.3. The summed E-state index contributed by atoms with van der Waals surface area (Å²) in [7, 11) is 0. The Labute approximate surface area is 426 Å². The van der Waals surface area contributed by atoms with Crippen LogP contribution in [-0.4, -0.2) is 24.9 Å². The van der Waals surface area contributed by atoms with Crippen LogP contribution in [0.5, 0.6) is 0 Å². The molecule has 13 atom stereocenters. The third-order valence-corrected chi connectivity index (χ3v) is 16.7. The molecular formula is C65H91N5. The third-order valence-electron chi connectivity index (χ3n) is 16.7. The highest BCUT2D eigenvalue weighted by atomic mass is 14.7. The summed E-state index contributed by atoms with van der Waals surface area (Å²) in [5, 5.41) is 0. The number of hydrogen-bond donors (Lipinski definition) is 0. The molecule has 3 fully saturated rings. The summed E-state index contributed by atoms with van der Waals surface area (Å²) in [4.78, 5) is 22.3. The summed E-state index contributed by atoms with van der Waals surface area (Å²) in [6.07, 6.45) is 31.4. The molecule has 0 saturated heterocycles. The van der Waals surface area contributed by atoms with Crippen LogP contribution in [0.1, 0.15) is 211 Å². The van der Waals surface area contributed by atoms with Gasteiger partial charge in [0.2, 0.25) is 0 Å². The first kappa shape index (κ1) is 54.6. The second kappa shape index (κ2) is 28.3. The zero-order valence-electron chi connectivity index (χ0n) is 45.1. The monoisotopic (exact) mass is 942 g/mol. The molecule has 5 heteroatoms. The molecule has 5 aliphatic carbocycles. The SMILES string of the molecule is CC1=CC(C)C(c2ccccn2)CC1.CC1=CC(C)C(c2ccccn2)CC1.CC1CCC(c2ccccn2)C(C)C1.CC1CCC(c2ccccn2)C(C)C1.CC1CCC(c2ccccn2)C(C)C1. The molecule has 0 spiro atoms. The van der Waals surface area contributed by atoms with Gasteiger partial charge < -0.3 is 0 Å². The molecule has 376 valence electrons. The summed E-state index contributed by atoms with van der Waals surface area (Å²) in [6, 6.07) is 31.3. The van der Waals surface area contributed by atoms with Crippen molar-refractivity contribution in [2.24, 2.45) is 47.3 Å². The molecule has 5 aliphatic rings. The summed E-state index contributed by atoms with van der Waals surface area (Å²) < 4.78 is 0. The molecule has 5 nitrogen and oxygen atoms in total. The lowest BCUT2D eigenvalue weighted by Gasteiger charge is -2.32. The summed E-state index contributed by atoms with van der Waals surface area (Å²) in [5.41, 5.74) is 9.47. The van der Waals surface area contributed by atoms with Crippen molar-refractivity contribution in [3.8, 4) is 0 Å². The molecule has 0 N–H and O–H groups in total. The van der Waals surface area contributed by atoms with Crippen LogP contribution < -0.4 is 0 Å². The van der Waals surface area contributed by atoms with Crippen LogP contribution in [0.2, 0.25) is 0 Å². The van der Waals surface area contributed by atoms with Gasteiger partial charge in [-0.1, -0.05) is 128 Å². The van der Waals surface area contributed by atoms with Crippen LogP contribution in [0.4, 0.5) is 0 Å². The van der Waals surface area contributed by atoms with Gasteiger partial charge in [0.1, 0.15) is 0 Å². The van der Waals surface area contributed by atoms with Gasteiger partial charge in [-0.2, -0.15) is 0 Å². The molecule has 13 unspecified atom stereocenters. The normalized spacial score (nSPS) is 30.6. The van der Waals surface area contributed by atoms with E-state index >= 15 is 0 Å². The van der Waals surface area contributed by atoms with Crippen LogP contribution in [0.3, 0.4) is 0 Å². The van der Waals surface area contributed by atoms with E-state index in [1.807, 2.05) is 61.3 Å². The summed E-state index contributed by atoms with van der Waals surface area (Å²) in [5.74, 6) is 9.75. The Hall–Kier alpha value is -4.77. The Morgan fingerprint density at radius 3 is 0.786 bits per heavy atom. The molecule has 70 heavy (non-hydrogen) atoms. The van der Waals surface area contributed by atoms with Crippen LogP contribution in [-0.2, 0) is 0 Å². The van der Waals surface area contributed by atoms with Crippen molar-refractivity contribution in [1.29, 1.82) is 0 Å². The van der Waals surface area contributed by atoms with Gasteiger partial charge in [-0.3, -0.25) is 24.9 Å². The first-order valence-corrected chi connectivity index (χ1v) is 27.7. The standard InChI is InChI=1S/3C13H19N.2C13H17N/c5*1-10-6-7-12(11(2)9-10)13-5-3-4-8-14-13/h3*3-5,8,10-12H,6-7,9H2,1-2H3;2*3-5,8-9,11-12H,6-7H2,1-2H3. The molecule has 5 aromatic rings. The molecule has 5 aromatic heterocycles. The van der Waals surface area contributed by atoms with Crippen LogP contribution in [0.15, 0.2) is 145 Å². The summed E-state index contributed by atoms with van der Waals surface area (Å²) >= 11 is 0. The Kier molecular flexibility index (Phi) is 22.1. The zero-order chi connectivity index (χ0) is 49.8. The molecule has 0 amide bonds. The molecule has 5 heterocycles. The lowest BCUT2D eigenvalue weighted by molar-refractivity contribution is 0.258. The van der Waals surface area contributed by atoms with E-state index in [0.717, 1.165) is 35.5 Å². The second-order valence-electron chi connectivity index (χ2n) is 22.8. The third kappa shape index (κ3) is 16.9. The van der Waals surface area contributed by atoms with Crippen LogP contribution >= 0.6 is 0 Å². The quantitative estimate of drug-likeness (QED) is 0.164. The van der Waals surface area contributed by atoms with Gasteiger partial charge in [-0.15, -0.1) is 0 Å². The zero-order valence-corrected chi connectivity index (χ0v) is 45.1. The Bertz CT molecular complexity index is 2030. The fraction of sp³-hybridized carbons (Fsp3) is 0.554. The number of rotatable bonds is 5. The number of pyridine rings is 5. The Morgan fingerprint density at radius 1 is 0.314 bits per heavy atom. The average molecular weight is 942 g/mol. The van der Waals surface area contributed by atoms with E-state index in [2.05, 4.69) is 167 Å². The highest BCUT2D eigenvalue weighted by Gasteiger charge is 2.30. The largest absolute Gasteiger partial charge is 0.261 e. The van der Waals surface area contributed by atoms with Crippen molar-refractivity contribution in [3.63, 3.8) is 0 Å². The molecule has 10 rings (SSSR count). The molecule has 0 radical (unpaired) electrons. The van der Waals surface area contributed by atoms with Gasteiger partial charge in [-0.25, -0.2) is 0 Å². The topological polar surface area (TPSA) is 64.5 Å². The van der Waals surface area contributed by atoms with Crippen molar-refractivity contribution < 1.29 is 0 Å². The maximum absolute atomic E-state index is 4.48. The van der Waals surface area contributed by atoms with Gasteiger partial charge >= 0.3 is 0 Å². The minimum Gasteiger partial charge on any atom is -0.261 e. The molecule has 0 aromatic carbocycles. The highest BCUT2D eigenvalue weighted by Crippen LogP contribution is 2.42. The van der Waals surface area contributed by atoms with E-state index in [1.54, 1.807) is 0 Å². The highest BCUT2D eigenvalue weighted by molar-refractivity contribution is 5.20. The van der Waals surface area contributed by atoms with E-state index in [0.29, 0.717) is 41.4 Å². The van der Waals surface area contributed by atoms with E-state index < -0.39 is 0 Å². The van der Waals surface area contributed by atoms with Gasteiger partial charge in [0.15, 0.2) is 0 Å². The number of allylic oxidation sites excluding steroid dienone is 4. The van der Waals surface area contributed by atoms with Gasteiger partial charge in [-0.05, 0) is 186 Å². The van der Waals surface area contributed by atoms with Crippen LogP contribution in [0, 0.1) is 47.3 Å². The molecule has 3 saturated carbocycles. The lowest BCUT2D eigenvalue weighted by Crippen LogP contribution is -2.20. The average Bonchev–Trinajstić information content (AvgIpc) is 3.36. The van der Waals surface area contributed by atoms with E-state index in [9.17, 15) is 0 Å². The van der Waals surface area contributed by atoms with Crippen molar-refractivity contribution in [2.75, 3.05) is 0 Å². The maximum Gasteiger partial charge on any atom is 0.0440 e. The van der Waals surface area contributed by atoms with Gasteiger partial charge in [0, 0.05) is 89.0 Å². The number of nitrogens with zero attached hydrogens (tertiary/aromatic N) is 5. The first-order valence-electron chi connectivity index (χ1n) is 27.7. The van der Waals surface area contributed by atoms with Crippen molar-refractivity contribution >= 4 is 0 Å². The van der Waals surface area contributed by atoms with E-state index in [1.165, 1.54) is 123 Å². The smallest absolute Gasteiger partial charge is 0.0440 e. The van der Waals surface area contributed by atoms with Crippen molar-refractivity contribution in [3.05, 3.63) is 174 Å². The van der Waals surface area contributed by atoms with Crippen molar-refractivity contribution in [2.45, 2.75) is 182 Å². The maximum atomic E-state index is 4.48. The fourth-order valence-corrected chi connectivity index (χ4v) is 12.7. The minimum absolute atomic E-state index is 0.625. The predicted octanol–water partition coefficient (Wildman–Crippen LogP) is 17.9. The van der Waals surface area contributed by atoms with E-state index in [-0.39, 0.29) is 0 Å². The minimum atomic E-state index is 0.625. The lowest BCUT2D eigenvalue weighted by atomic mass is 9.74. The first-order chi connectivity index (χ1) is 33.9. The number of aromatic nitrogens is 5. The van der Waals surface area contributed by atoms with Gasteiger partial charge in [0.05, 0.1) is 0 Å². The van der Waals surface area contributed by atoms with E-state index in [4.69, 9.17) is 0 Å². The Morgan fingerprint density at radius 2 is 0.571 bits per heavy atom. The molecule has 0 bridgehead atoms. The van der Waals surface area contributed by atoms with Crippen molar-refractivity contribution in [1.82, 2.24) is 24.9 Å². The van der Waals surface area contributed by atoms with Gasteiger partial charge in [0.25, 0.3) is 0 Å². The molecular weight excluding hydrogens is 851 g/mol.